The molecule has 1 aromatic rings. The molecule has 0 saturated heterocycles. The number of sulfonamides is 1. The molecule has 1 aliphatic carbocycles. The van der Waals surface area contributed by atoms with Crippen LogP contribution in [0, 0.1) is 5.92 Å². The van der Waals surface area contributed by atoms with Crippen LogP contribution >= 0.6 is 15.9 Å². The second-order valence-corrected chi connectivity index (χ2v) is 8.52. The summed E-state index contributed by atoms with van der Waals surface area (Å²) in [5.41, 5.74) is 5.75. The maximum absolute atomic E-state index is 12.7. The molecule has 7 heteroatoms. The highest BCUT2D eigenvalue weighted by Crippen LogP contribution is 2.32. The number of rotatable bonds is 4. The second kappa shape index (κ2) is 6.62. The summed E-state index contributed by atoms with van der Waals surface area (Å²) in [5.74, 6) is 0.780. The zero-order valence-electron chi connectivity index (χ0n) is 12.4. The van der Waals surface area contributed by atoms with Crippen LogP contribution in [-0.2, 0) is 10.0 Å². The van der Waals surface area contributed by atoms with Gasteiger partial charge in [-0.25, -0.2) is 13.4 Å². The first kappa shape index (κ1) is 16.7. The lowest BCUT2D eigenvalue weighted by Gasteiger charge is -2.33. The zero-order chi connectivity index (χ0) is 15.6. The molecule has 21 heavy (non-hydrogen) atoms. The molecule has 5 nitrogen and oxygen atoms in total. The average Bonchev–Trinajstić information content (AvgIpc) is 2.49. The van der Waals surface area contributed by atoms with Crippen LogP contribution in [0.2, 0.25) is 0 Å². The lowest BCUT2D eigenvalue weighted by molar-refractivity contribution is 0.233. The molecule has 1 fully saturated rings. The van der Waals surface area contributed by atoms with Crippen LogP contribution in [-0.4, -0.2) is 30.8 Å². The highest BCUT2D eigenvalue weighted by atomic mass is 79.9. The highest BCUT2D eigenvalue weighted by Gasteiger charge is 2.32. The summed E-state index contributed by atoms with van der Waals surface area (Å²) in [5, 5.41) is 0. The molecule has 1 heterocycles. The van der Waals surface area contributed by atoms with Gasteiger partial charge in [-0.1, -0.05) is 13.3 Å². The Labute approximate surface area is 135 Å². The van der Waals surface area contributed by atoms with Crippen molar-refractivity contribution in [3.8, 4) is 0 Å². The van der Waals surface area contributed by atoms with Crippen molar-refractivity contribution in [2.75, 3.05) is 12.8 Å². The van der Waals surface area contributed by atoms with Gasteiger partial charge in [0.1, 0.15) is 10.7 Å². The van der Waals surface area contributed by atoms with Crippen LogP contribution in [0.25, 0.3) is 0 Å². The minimum atomic E-state index is -3.60. The fourth-order valence-corrected chi connectivity index (χ4v) is 4.90. The number of hydrogen-bond acceptors (Lipinski definition) is 4. The molecular formula is C14H22BrN3O2S. The second-order valence-electron chi connectivity index (χ2n) is 5.64. The van der Waals surface area contributed by atoms with E-state index in [4.69, 9.17) is 5.73 Å². The fourth-order valence-electron chi connectivity index (χ4n) is 2.91. The predicted octanol–water partition coefficient (Wildman–Crippen LogP) is 3.02. The topological polar surface area (TPSA) is 76.3 Å². The van der Waals surface area contributed by atoms with Crippen molar-refractivity contribution in [1.82, 2.24) is 9.29 Å². The van der Waals surface area contributed by atoms with Gasteiger partial charge >= 0.3 is 0 Å². The van der Waals surface area contributed by atoms with Crippen LogP contribution in [0.4, 0.5) is 5.82 Å². The van der Waals surface area contributed by atoms with Crippen LogP contribution in [0.3, 0.4) is 0 Å². The van der Waals surface area contributed by atoms with Gasteiger partial charge in [-0.05, 0) is 53.6 Å². The van der Waals surface area contributed by atoms with E-state index >= 15 is 0 Å². The van der Waals surface area contributed by atoms with Gasteiger partial charge in [0.25, 0.3) is 0 Å². The molecule has 1 saturated carbocycles. The molecule has 2 rings (SSSR count). The number of hydrogen-bond donors (Lipinski definition) is 1. The summed E-state index contributed by atoms with van der Waals surface area (Å²) in [6.07, 6.45) is 6.68. The largest absolute Gasteiger partial charge is 0.383 e. The van der Waals surface area contributed by atoms with Crippen molar-refractivity contribution >= 4 is 31.8 Å². The zero-order valence-corrected chi connectivity index (χ0v) is 14.8. The van der Waals surface area contributed by atoms with Gasteiger partial charge in [-0.15, -0.1) is 0 Å². The molecule has 0 atom stereocenters. The van der Waals surface area contributed by atoms with E-state index in [1.165, 1.54) is 23.0 Å². The maximum Gasteiger partial charge on any atom is 0.246 e. The third-order valence-corrected chi connectivity index (χ3v) is 6.79. The van der Waals surface area contributed by atoms with Crippen molar-refractivity contribution in [2.24, 2.45) is 5.92 Å². The average molecular weight is 376 g/mol. The van der Waals surface area contributed by atoms with E-state index in [2.05, 4.69) is 27.8 Å². The van der Waals surface area contributed by atoms with Gasteiger partial charge < -0.3 is 5.73 Å². The maximum atomic E-state index is 12.7. The van der Waals surface area contributed by atoms with E-state index in [0.717, 1.165) is 31.6 Å². The summed E-state index contributed by atoms with van der Waals surface area (Å²) < 4.78 is 27.6. The van der Waals surface area contributed by atoms with E-state index in [0.29, 0.717) is 4.47 Å². The van der Waals surface area contributed by atoms with Crippen LogP contribution in [0.1, 0.15) is 39.0 Å². The van der Waals surface area contributed by atoms with Gasteiger partial charge in [0.15, 0.2) is 0 Å². The van der Waals surface area contributed by atoms with Crippen LogP contribution in [0.5, 0.6) is 0 Å². The van der Waals surface area contributed by atoms with Crippen molar-refractivity contribution in [3.05, 3.63) is 16.7 Å². The molecule has 0 aromatic carbocycles. The van der Waals surface area contributed by atoms with Gasteiger partial charge in [0.2, 0.25) is 10.0 Å². The van der Waals surface area contributed by atoms with Crippen molar-refractivity contribution < 1.29 is 8.42 Å². The molecule has 2 N–H and O–H groups in total. The van der Waals surface area contributed by atoms with Crippen molar-refractivity contribution in [1.29, 1.82) is 0 Å². The van der Waals surface area contributed by atoms with E-state index in [1.807, 2.05) is 0 Å². The third kappa shape index (κ3) is 3.57. The monoisotopic (exact) mass is 375 g/mol. The number of halogens is 1. The van der Waals surface area contributed by atoms with E-state index in [-0.39, 0.29) is 16.8 Å². The van der Waals surface area contributed by atoms with E-state index in [9.17, 15) is 8.42 Å². The molecule has 0 unspecified atom stereocenters. The number of nitrogens with two attached hydrogens (primary N) is 1. The minimum Gasteiger partial charge on any atom is -0.383 e. The Morgan fingerprint density at radius 1 is 1.38 bits per heavy atom. The number of nitrogens with zero attached hydrogens (tertiary/aromatic N) is 2. The predicted molar refractivity (Wildman–Crippen MR) is 87.3 cm³/mol. The Bertz CT molecular complexity index is 598. The Hall–Kier alpha value is -0.660. The summed E-state index contributed by atoms with van der Waals surface area (Å²) in [6, 6.07) is 1.57. The Balaban J connectivity index is 2.21. The smallest absolute Gasteiger partial charge is 0.246 e. The van der Waals surface area contributed by atoms with Gasteiger partial charge in [0.05, 0.1) is 0 Å². The standard InChI is InChI=1S/C14H22BrN3O2S/c1-3-10-4-6-12(7-5-10)18(2)21(19,20)13-8-11(15)9-17-14(13)16/h8-10,12H,3-7H2,1-2H3,(H2,16,17). The molecule has 0 spiro atoms. The minimum absolute atomic E-state index is 0.0484. The van der Waals surface area contributed by atoms with Crippen LogP contribution in [0.15, 0.2) is 21.6 Å². The molecule has 1 aliphatic rings. The normalized spacial score (nSPS) is 23.4. The van der Waals surface area contributed by atoms with E-state index < -0.39 is 10.0 Å². The fraction of sp³-hybridized carbons (Fsp3) is 0.643. The Morgan fingerprint density at radius 3 is 2.57 bits per heavy atom. The summed E-state index contributed by atoms with van der Waals surface area (Å²) >= 11 is 3.25. The van der Waals surface area contributed by atoms with Crippen molar-refractivity contribution in [2.45, 2.75) is 50.0 Å². The summed E-state index contributed by atoms with van der Waals surface area (Å²) in [6.45, 7) is 2.19. The first-order chi connectivity index (χ1) is 9.86. The van der Waals surface area contributed by atoms with Gasteiger partial charge in [-0.3, -0.25) is 0 Å². The lowest BCUT2D eigenvalue weighted by Crippen LogP contribution is -2.39. The lowest BCUT2D eigenvalue weighted by atomic mass is 9.85. The first-order valence-electron chi connectivity index (χ1n) is 7.25. The number of pyridine rings is 1. The molecule has 0 amide bonds. The SMILES string of the molecule is CCC1CCC(N(C)S(=O)(=O)c2cc(Br)cnc2N)CC1. The third-order valence-electron chi connectivity index (χ3n) is 4.41. The quantitative estimate of drug-likeness (QED) is 0.877. The Morgan fingerprint density at radius 2 is 2.00 bits per heavy atom. The molecule has 0 bridgehead atoms. The summed E-state index contributed by atoms with van der Waals surface area (Å²) in [7, 11) is -1.95. The highest BCUT2D eigenvalue weighted by molar-refractivity contribution is 9.10. The van der Waals surface area contributed by atoms with Crippen LogP contribution < -0.4 is 5.73 Å². The first-order valence-corrected chi connectivity index (χ1v) is 9.48. The molecule has 118 valence electrons. The molecule has 0 radical (unpaired) electrons. The molecule has 1 aromatic heterocycles. The van der Waals surface area contributed by atoms with E-state index in [1.54, 1.807) is 7.05 Å². The Kier molecular flexibility index (Phi) is 5.27. The number of nitrogen functional groups attached to an aromatic ring is 1. The number of anilines is 1. The van der Waals surface area contributed by atoms with Gasteiger partial charge in [-0.2, -0.15) is 4.31 Å². The van der Waals surface area contributed by atoms with Crippen molar-refractivity contribution in [3.63, 3.8) is 0 Å². The summed E-state index contributed by atoms with van der Waals surface area (Å²) in [4.78, 5) is 4.00. The molecular weight excluding hydrogens is 354 g/mol. The van der Waals surface area contributed by atoms with Gasteiger partial charge in [0, 0.05) is 23.8 Å². The number of aromatic nitrogens is 1. The molecule has 0 aliphatic heterocycles.